The van der Waals surface area contributed by atoms with Crippen LogP contribution < -0.4 is 14.8 Å². The van der Waals surface area contributed by atoms with Crippen molar-refractivity contribution in [2.24, 2.45) is 0 Å². The summed E-state index contributed by atoms with van der Waals surface area (Å²) in [5, 5.41) is 11.9. The number of nitrogens with zero attached hydrogens (tertiary/aromatic N) is 1. The molecule has 2 aromatic rings. The standard InChI is InChI=1S/C22H24N2O6/c1-29-18-8-5-15(11-19(18)30-2)9-10-24-20(25)13-17(22(24)28)23-16-6-3-14(4-7-16)12-21(26)27/h3-8,11,17,23H,9-10,12-13H2,1-2H3,(H,26,27)/t17-/m0/s1. The van der Waals surface area contributed by atoms with Gasteiger partial charge in [-0.3, -0.25) is 19.3 Å². The molecule has 0 unspecified atom stereocenters. The number of anilines is 1. The van der Waals surface area contributed by atoms with E-state index in [4.69, 9.17) is 14.6 Å². The predicted molar refractivity (Wildman–Crippen MR) is 110 cm³/mol. The van der Waals surface area contributed by atoms with Crippen LogP contribution >= 0.6 is 0 Å². The Labute approximate surface area is 174 Å². The molecule has 3 rings (SSSR count). The molecule has 0 aromatic heterocycles. The van der Waals surface area contributed by atoms with Crippen LogP contribution in [-0.2, 0) is 27.2 Å². The molecule has 30 heavy (non-hydrogen) atoms. The van der Waals surface area contributed by atoms with Crippen molar-refractivity contribution in [1.29, 1.82) is 0 Å². The molecule has 1 saturated heterocycles. The molecule has 2 aromatic carbocycles. The Bertz CT molecular complexity index is 941. The minimum Gasteiger partial charge on any atom is -0.493 e. The fourth-order valence-electron chi connectivity index (χ4n) is 3.40. The number of amides is 2. The molecule has 0 bridgehead atoms. The highest BCUT2D eigenvalue weighted by Crippen LogP contribution is 2.28. The zero-order valence-corrected chi connectivity index (χ0v) is 16.9. The topological polar surface area (TPSA) is 105 Å². The molecular weight excluding hydrogens is 388 g/mol. The summed E-state index contributed by atoms with van der Waals surface area (Å²) in [4.78, 5) is 37.1. The molecule has 0 radical (unpaired) electrons. The number of hydrogen-bond acceptors (Lipinski definition) is 6. The average Bonchev–Trinajstić information content (AvgIpc) is 2.99. The minimum atomic E-state index is -0.905. The van der Waals surface area contributed by atoms with Crippen LogP contribution in [0.15, 0.2) is 42.5 Å². The largest absolute Gasteiger partial charge is 0.493 e. The van der Waals surface area contributed by atoms with Crippen LogP contribution in [0.25, 0.3) is 0 Å². The van der Waals surface area contributed by atoms with Crippen LogP contribution in [0.1, 0.15) is 17.5 Å². The van der Waals surface area contributed by atoms with Crippen molar-refractivity contribution in [2.75, 3.05) is 26.1 Å². The van der Waals surface area contributed by atoms with E-state index in [1.54, 1.807) is 44.6 Å². The minimum absolute atomic E-state index is 0.0644. The molecule has 1 aliphatic heterocycles. The van der Waals surface area contributed by atoms with Gasteiger partial charge in [0.2, 0.25) is 5.91 Å². The summed E-state index contributed by atoms with van der Waals surface area (Å²) in [5.74, 6) is -0.180. The van der Waals surface area contributed by atoms with Crippen molar-refractivity contribution >= 4 is 23.5 Å². The van der Waals surface area contributed by atoms with E-state index < -0.39 is 12.0 Å². The zero-order chi connectivity index (χ0) is 21.7. The number of hydrogen-bond donors (Lipinski definition) is 2. The lowest BCUT2D eigenvalue weighted by molar-refractivity contribution is -0.139. The highest BCUT2D eigenvalue weighted by atomic mass is 16.5. The van der Waals surface area contributed by atoms with Gasteiger partial charge in [-0.2, -0.15) is 0 Å². The number of methoxy groups -OCH3 is 2. The lowest BCUT2D eigenvalue weighted by Gasteiger charge is -2.17. The van der Waals surface area contributed by atoms with Gasteiger partial charge in [0.25, 0.3) is 5.91 Å². The first-order valence-electron chi connectivity index (χ1n) is 9.53. The Morgan fingerprint density at radius 2 is 1.73 bits per heavy atom. The van der Waals surface area contributed by atoms with E-state index in [2.05, 4.69) is 5.32 Å². The molecule has 8 nitrogen and oxygen atoms in total. The van der Waals surface area contributed by atoms with Gasteiger partial charge in [0.15, 0.2) is 11.5 Å². The number of imide groups is 1. The number of likely N-dealkylation sites (tertiary alicyclic amines) is 1. The van der Waals surface area contributed by atoms with Crippen LogP contribution in [-0.4, -0.2) is 54.6 Å². The van der Waals surface area contributed by atoms with Gasteiger partial charge in [-0.05, 0) is 41.8 Å². The molecule has 1 fully saturated rings. The summed E-state index contributed by atoms with van der Waals surface area (Å²) in [7, 11) is 3.12. The van der Waals surface area contributed by atoms with Crippen molar-refractivity contribution in [2.45, 2.75) is 25.3 Å². The number of rotatable bonds is 9. The number of ether oxygens (including phenoxy) is 2. The maximum atomic E-state index is 12.7. The van der Waals surface area contributed by atoms with E-state index in [0.29, 0.717) is 29.2 Å². The van der Waals surface area contributed by atoms with Crippen molar-refractivity contribution in [3.8, 4) is 11.5 Å². The predicted octanol–water partition coefficient (Wildman–Crippen LogP) is 2.11. The summed E-state index contributed by atoms with van der Waals surface area (Å²) in [6.07, 6.45) is 0.529. The van der Waals surface area contributed by atoms with E-state index in [1.165, 1.54) is 4.90 Å². The summed E-state index contributed by atoms with van der Waals surface area (Å²) in [6, 6.07) is 11.7. The molecule has 0 aliphatic carbocycles. The number of carboxylic acid groups (broad SMARTS) is 1. The zero-order valence-electron chi connectivity index (χ0n) is 16.9. The molecule has 8 heteroatoms. The maximum absolute atomic E-state index is 12.7. The Morgan fingerprint density at radius 1 is 1.07 bits per heavy atom. The molecule has 158 valence electrons. The van der Waals surface area contributed by atoms with Gasteiger partial charge >= 0.3 is 5.97 Å². The number of nitrogens with one attached hydrogen (secondary N) is 1. The van der Waals surface area contributed by atoms with E-state index >= 15 is 0 Å². The number of carbonyl (C=O) groups is 3. The van der Waals surface area contributed by atoms with Crippen molar-refractivity contribution in [1.82, 2.24) is 4.90 Å². The molecule has 1 aliphatic rings. The average molecular weight is 412 g/mol. The summed E-state index contributed by atoms with van der Waals surface area (Å²) < 4.78 is 10.5. The molecule has 0 saturated carbocycles. The van der Waals surface area contributed by atoms with Gasteiger partial charge in [-0.1, -0.05) is 18.2 Å². The van der Waals surface area contributed by atoms with Gasteiger partial charge in [0.05, 0.1) is 27.1 Å². The number of benzene rings is 2. The monoisotopic (exact) mass is 412 g/mol. The number of carboxylic acids is 1. The van der Waals surface area contributed by atoms with E-state index in [9.17, 15) is 14.4 Å². The van der Waals surface area contributed by atoms with Gasteiger partial charge < -0.3 is 19.9 Å². The highest BCUT2D eigenvalue weighted by molar-refractivity contribution is 6.06. The third-order valence-corrected chi connectivity index (χ3v) is 4.97. The fourth-order valence-corrected chi connectivity index (χ4v) is 3.40. The number of aliphatic carboxylic acids is 1. The molecule has 1 heterocycles. The molecule has 2 N–H and O–H groups in total. The lowest BCUT2D eigenvalue weighted by atomic mass is 10.1. The van der Waals surface area contributed by atoms with E-state index in [0.717, 1.165) is 5.56 Å². The first-order chi connectivity index (χ1) is 14.4. The lowest BCUT2D eigenvalue weighted by Crippen LogP contribution is -2.36. The van der Waals surface area contributed by atoms with Crippen LogP contribution in [0, 0.1) is 0 Å². The van der Waals surface area contributed by atoms with E-state index in [-0.39, 0.29) is 31.2 Å². The van der Waals surface area contributed by atoms with Crippen molar-refractivity contribution in [3.63, 3.8) is 0 Å². The molecule has 2 amide bonds. The van der Waals surface area contributed by atoms with Crippen LogP contribution in [0.4, 0.5) is 5.69 Å². The van der Waals surface area contributed by atoms with Crippen molar-refractivity contribution < 1.29 is 29.0 Å². The summed E-state index contributed by atoms with van der Waals surface area (Å²) in [5.41, 5.74) is 2.26. The van der Waals surface area contributed by atoms with Crippen molar-refractivity contribution in [3.05, 3.63) is 53.6 Å². The third-order valence-electron chi connectivity index (χ3n) is 4.97. The second-order valence-corrected chi connectivity index (χ2v) is 6.99. The fraction of sp³-hybridized carbons (Fsp3) is 0.318. The maximum Gasteiger partial charge on any atom is 0.307 e. The molecule has 1 atom stereocenters. The summed E-state index contributed by atoms with van der Waals surface area (Å²) in [6.45, 7) is 0.281. The van der Waals surface area contributed by atoms with Crippen LogP contribution in [0.5, 0.6) is 11.5 Å². The second kappa shape index (κ2) is 9.30. The number of carbonyl (C=O) groups excluding carboxylic acids is 2. The SMILES string of the molecule is COc1ccc(CCN2C(=O)C[C@H](Nc3ccc(CC(=O)O)cc3)C2=O)cc1OC. The highest BCUT2D eigenvalue weighted by Gasteiger charge is 2.38. The van der Waals surface area contributed by atoms with Gasteiger partial charge in [-0.15, -0.1) is 0 Å². The Kier molecular flexibility index (Phi) is 6.56. The smallest absolute Gasteiger partial charge is 0.307 e. The molecule has 0 spiro atoms. The summed E-state index contributed by atoms with van der Waals surface area (Å²) >= 11 is 0. The second-order valence-electron chi connectivity index (χ2n) is 6.99. The van der Waals surface area contributed by atoms with Crippen LogP contribution in [0.2, 0.25) is 0 Å². The first kappa shape index (κ1) is 21.2. The Morgan fingerprint density at radius 3 is 2.37 bits per heavy atom. The van der Waals surface area contributed by atoms with Gasteiger partial charge in [0.1, 0.15) is 6.04 Å². The Balaban J connectivity index is 1.60. The van der Waals surface area contributed by atoms with E-state index in [1.807, 2.05) is 12.1 Å². The normalized spacial score (nSPS) is 15.9. The third kappa shape index (κ3) is 4.89. The first-order valence-corrected chi connectivity index (χ1v) is 9.53. The van der Waals surface area contributed by atoms with Gasteiger partial charge in [0, 0.05) is 12.2 Å². The Hall–Kier alpha value is -3.55. The molecular formula is C22H24N2O6. The quantitative estimate of drug-likeness (QED) is 0.608. The van der Waals surface area contributed by atoms with Crippen LogP contribution in [0.3, 0.4) is 0 Å². The van der Waals surface area contributed by atoms with Gasteiger partial charge in [-0.25, -0.2) is 0 Å².